The first kappa shape index (κ1) is 78.1. The highest BCUT2D eigenvalue weighted by atomic mass is 19.4. The summed E-state index contributed by atoms with van der Waals surface area (Å²) in [6.45, 7) is 3.83. The summed E-state index contributed by atoms with van der Waals surface area (Å²) in [7, 11) is 0. The molecular formula is C63H86F4N8O24. The van der Waals surface area contributed by atoms with Gasteiger partial charge in [0.15, 0.2) is 24.1 Å². The highest BCUT2D eigenvalue weighted by molar-refractivity contribution is 5.90. The molecular weight excluding hydrogens is 1330 g/mol. The zero-order chi connectivity index (χ0) is 70.5. The number of aromatic hydroxyl groups is 1. The number of fused-ring (bicyclic) bond motifs is 5. The Morgan fingerprint density at radius 3 is 1.85 bits per heavy atom. The SMILES string of the molecule is O=C(CCOC[C@@H](COCCC(=O)NCCOCCOCCOCCOC[C@@]12CO[C@@H](O1)C(/C=N/C(=O)C(F)(F)F)[C@@H](O)[C@H]2O)NC(=O)CCCOc1ccc2nc(-c3cn(-c4ccc(O)c(F)c4)nn3)ccc2c1)NCCOCCOCCOCCOC[C@]12CO[C@@H](C[C@@H](O)[C@H]1O)O2. The molecule has 10 atom stereocenters. The molecule has 4 saturated heterocycles. The van der Waals surface area contributed by atoms with Crippen molar-refractivity contribution in [1.82, 2.24) is 35.9 Å². The van der Waals surface area contributed by atoms with Gasteiger partial charge in [0.2, 0.25) is 17.7 Å². The number of ether oxygens (including phenoxy) is 15. The minimum atomic E-state index is -5.20. The second-order valence-corrected chi connectivity index (χ2v) is 23.2. The van der Waals surface area contributed by atoms with Crippen LogP contribution in [0.3, 0.4) is 0 Å². The number of nitrogens with zero attached hydrogens (tertiary/aromatic N) is 5. The number of carbonyl (C=O) groups is 4. The number of pyridine rings is 1. The number of aliphatic imine (C=N–C) groups is 1. The van der Waals surface area contributed by atoms with Crippen LogP contribution < -0.4 is 20.7 Å². The van der Waals surface area contributed by atoms with Gasteiger partial charge in [-0.25, -0.2) is 19.0 Å². The third-order valence-corrected chi connectivity index (χ3v) is 15.7. The summed E-state index contributed by atoms with van der Waals surface area (Å²) < 4.78 is 137. The first-order chi connectivity index (χ1) is 47.8. The molecule has 4 aromatic rings. The van der Waals surface area contributed by atoms with E-state index in [0.717, 1.165) is 11.5 Å². The number of hydrogen-bond donors (Lipinski definition) is 8. The predicted octanol–water partition coefficient (Wildman–Crippen LogP) is 0.00980. The average molecular weight is 1420 g/mol. The normalized spacial score (nSPS) is 23.1. The third kappa shape index (κ3) is 24.8. The number of nitrogens with one attached hydrogen (secondary N) is 3. The molecule has 4 aliphatic rings. The van der Waals surface area contributed by atoms with E-state index in [9.17, 15) is 62.3 Å². The first-order valence-electron chi connectivity index (χ1n) is 32.3. The van der Waals surface area contributed by atoms with E-state index >= 15 is 0 Å². The van der Waals surface area contributed by atoms with Gasteiger partial charge < -0.3 is 113 Å². The maximum atomic E-state index is 14.0. The summed E-state index contributed by atoms with van der Waals surface area (Å²) in [5.41, 5.74) is -0.572. The topological polar surface area (TPSA) is 400 Å². The fraction of sp³-hybridized carbons (Fsp3) is 0.651. The first-order valence-corrected chi connectivity index (χ1v) is 32.3. The largest absolute Gasteiger partial charge is 0.505 e. The van der Waals surface area contributed by atoms with Gasteiger partial charge in [-0.15, -0.1) is 5.10 Å². The van der Waals surface area contributed by atoms with Gasteiger partial charge in [-0.1, -0.05) is 11.3 Å². The summed E-state index contributed by atoms with van der Waals surface area (Å²) in [6.07, 6.45) is -9.43. The van der Waals surface area contributed by atoms with Gasteiger partial charge in [0.05, 0.1) is 199 Å². The molecule has 8 rings (SSSR count). The molecule has 0 aliphatic carbocycles. The Kier molecular flexibility index (Phi) is 31.6. The van der Waals surface area contributed by atoms with Crippen molar-refractivity contribution >= 4 is 40.7 Å². The van der Waals surface area contributed by atoms with Gasteiger partial charge >= 0.3 is 12.1 Å². The molecule has 2 aromatic carbocycles. The van der Waals surface area contributed by atoms with Crippen LogP contribution in [0.1, 0.15) is 32.1 Å². The number of rotatable bonds is 47. The van der Waals surface area contributed by atoms with E-state index in [0.29, 0.717) is 67.4 Å². The number of aromatic nitrogens is 4. The van der Waals surface area contributed by atoms with Crippen LogP contribution >= 0.6 is 0 Å². The summed E-state index contributed by atoms with van der Waals surface area (Å²) in [5, 5.41) is 68.6. The molecule has 99 heavy (non-hydrogen) atoms. The molecule has 32 nitrogen and oxygen atoms in total. The molecule has 8 N–H and O–H groups in total. The molecule has 550 valence electrons. The van der Waals surface area contributed by atoms with Gasteiger partial charge in [-0.05, 0) is 42.8 Å². The Morgan fingerprint density at radius 2 is 1.24 bits per heavy atom. The average Bonchev–Trinajstić information content (AvgIpc) is 1.63. The Bertz CT molecular complexity index is 3180. The predicted molar refractivity (Wildman–Crippen MR) is 333 cm³/mol. The number of halogens is 4. The van der Waals surface area contributed by atoms with E-state index < -0.39 is 83.8 Å². The number of phenols is 1. The Balaban J connectivity index is 0.652. The number of benzene rings is 2. The fourth-order valence-electron chi connectivity index (χ4n) is 10.4. The Morgan fingerprint density at radius 1 is 0.657 bits per heavy atom. The molecule has 0 saturated carbocycles. The molecule has 4 fully saturated rings. The standard InChI is InChI=1S/C63H86F4N8O24/c64-46-31-43(4-8-50(46)76)75-34-49(73-74-75)48-6-3-41-30-44(5-7-47(41)72-48)95-13-1-2-54(80)71-42(35-91-14-9-52(78)68-11-16-85-18-20-87-22-24-89-26-28-93-37-61-39-96-55(98-61)32-51(77)57(61)82)36-92-15-10-53(79)69-12-17-86-19-21-88-23-25-90-27-29-94-38-62-40-97-59(99-62)45(56(81)58(62)83)33-70-60(84)63(65,66)67/h3-8,30-31,33-34,42,45,51,55-59,76-77,81-83H,1-2,9-29,32,35-40H2,(H,68,78)(H,69,79)(H,71,80)/b70-33+/t42-,45?,51+,55+,56+,57+,58+,59-,61-,62-/m0/s1. The van der Waals surface area contributed by atoms with E-state index in [1.54, 1.807) is 24.4 Å². The molecule has 4 aliphatic heterocycles. The monoisotopic (exact) mass is 1410 g/mol. The van der Waals surface area contributed by atoms with Crippen LogP contribution in [0.4, 0.5) is 17.6 Å². The van der Waals surface area contributed by atoms with Gasteiger partial charge in [-0.3, -0.25) is 19.2 Å². The van der Waals surface area contributed by atoms with Crippen LogP contribution in [0, 0.1) is 11.7 Å². The highest BCUT2D eigenvalue weighted by Gasteiger charge is 2.59. The Labute approximate surface area is 566 Å². The smallest absolute Gasteiger partial charge is 0.473 e. The minimum Gasteiger partial charge on any atom is -0.505 e. The number of carbonyl (C=O) groups excluding carboxylic acids is 4. The van der Waals surface area contributed by atoms with Crippen molar-refractivity contribution in [2.75, 3.05) is 165 Å². The lowest BCUT2D eigenvalue weighted by atomic mass is 9.85. The summed E-state index contributed by atoms with van der Waals surface area (Å²) in [4.78, 5) is 57.0. The van der Waals surface area contributed by atoms with Gasteiger partial charge in [0, 0.05) is 56.4 Å². The van der Waals surface area contributed by atoms with Gasteiger partial charge in [0.25, 0.3) is 0 Å². The fourth-order valence-corrected chi connectivity index (χ4v) is 10.4. The Hall–Kier alpha value is -6.66. The van der Waals surface area contributed by atoms with E-state index in [2.05, 4.69) is 36.2 Å². The van der Waals surface area contributed by atoms with Crippen molar-refractivity contribution in [2.45, 2.75) is 92.5 Å². The zero-order valence-electron chi connectivity index (χ0n) is 54.3. The van der Waals surface area contributed by atoms with Crippen LogP contribution in [0.2, 0.25) is 0 Å². The van der Waals surface area contributed by atoms with E-state index in [1.165, 1.54) is 16.8 Å². The molecule has 36 heteroatoms. The van der Waals surface area contributed by atoms with Crippen molar-refractivity contribution in [1.29, 1.82) is 0 Å². The lowest BCUT2D eigenvalue weighted by Gasteiger charge is -2.41. The summed E-state index contributed by atoms with van der Waals surface area (Å²) in [6, 6.07) is 12.2. The molecule has 4 amide bonds. The quantitative estimate of drug-likeness (QED) is 0.0164. The lowest BCUT2D eigenvalue weighted by molar-refractivity contribution is -0.238. The maximum absolute atomic E-state index is 14.0. The lowest BCUT2D eigenvalue weighted by Crippen LogP contribution is -2.61. The van der Waals surface area contributed by atoms with Crippen LogP contribution in [0.5, 0.6) is 11.5 Å². The van der Waals surface area contributed by atoms with Crippen LogP contribution in [0.15, 0.2) is 59.7 Å². The van der Waals surface area contributed by atoms with Crippen molar-refractivity contribution in [3.8, 4) is 28.6 Å². The third-order valence-electron chi connectivity index (χ3n) is 15.7. The number of alkyl halides is 3. The second kappa shape index (κ2) is 40.1. The molecule has 6 heterocycles. The van der Waals surface area contributed by atoms with E-state index in [4.69, 9.17) is 71.1 Å². The highest BCUT2D eigenvalue weighted by Crippen LogP contribution is 2.40. The molecule has 0 radical (unpaired) electrons. The number of phenolic OH excluding ortho intramolecular Hbond substituents is 1. The number of hydrogen-bond acceptors (Lipinski definition) is 27. The summed E-state index contributed by atoms with van der Waals surface area (Å²) >= 11 is 0. The number of aliphatic hydroxyl groups is 4. The van der Waals surface area contributed by atoms with Crippen molar-refractivity contribution in [3.63, 3.8) is 0 Å². The molecule has 1 unspecified atom stereocenters. The van der Waals surface area contributed by atoms with Gasteiger partial charge in [0.1, 0.15) is 34.9 Å². The van der Waals surface area contributed by atoms with Crippen molar-refractivity contribution < 1.29 is 133 Å². The second-order valence-electron chi connectivity index (χ2n) is 23.2. The van der Waals surface area contributed by atoms with E-state index in [1.807, 2.05) is 12.1 Å². The molecule has 0 spiro atoms. The molecule has 2 aromatic heterocycles. The summed E-state index contributed by atoms with van der Waals surface area (Å²) in [5.74, 6) is -5.28. The molecule has 4 bridgehead atoms. The number of aliphatic hydroxyl groups excluding tert-OH is 4. The van der Waals surface area contributed by atoms with Crippen LogP contribution in [0.25, 0.3) is 28.0 Å². The van der Waals surface area contributed by atoms with Crippen LogP contribution in [-0.4, -0.2) is 301 Å². The van der Waals surface area contributed by atoms with E-state index in [-0.39, 0.29) is 182 Å². The zero-order valence-corrected chi connectivity index (χ0v) is 54.3. The van der Waals surface area contributed by atoms with Crippen molar-refractivity contribution in [3.05, 3.63) is 60.5 Å². The van der Waals surface area contributed by atoms with Crippen LogP contribution in [-0.2, 0) is 85.5 Å². The van der Waals surface area contributed by atoms with Gasteiger partial charge in [-0.2, -0.15) is 13.2 Å². The maximum Gasteiger partial charge on any atom is 0.473 e. The minimum absolute atomic E-state index is 0.00122. The number of amides is 4. The van der Waals surface area contributed by atoms with Crippen molar-refractivity contribution in [2.24, 2.45) is 10.9 Å².